The number of anilines is 1. The zero-order valence-electron chi connectivity index (χ0n) is 26.1. The van der Waals surface area contributed by atoms with Crippen molar-refractivity contribution in [1.82, 2.24) is 0 Å². The molecule has 0 radical (unpaired) electrons. The molecule has 0 saturated carbocycles. The van der Waals surface area contributed by atoms with E-state index in [-0.39, 0.29) is 6.17 Å². The number of hydrogen-bond acceptors (Lipinski definition) is 3. The van der Waals surface area contributed by atoms with E-state index in [0.717, 1.165) is 56.3 Å². The van der Waals surface area contributed by atoms with Gasteiger partial charge in [0.2, 0.25) is 0 Å². The second kappa shape index (κ2) is 10.4. The number of nitrogens with zero attached hydrogens (tertiary/aromatic N) is 1. The minimum absolute atomic E-state index is 0.240. The highest BCUT2D eigenvalue weighted by Gasteiger charge is 2.51. The third-order valence-corrected chi connectivity index (χ3v) is 10.2. The number of benzene rings is 7. The zero-order valence-corrected chi connectivity index (χ0v) is 26.1. The number of aliphatic imine (C=N–C) groups is 1. The largest absolute Gasteiger partial charge is 0.456 e. The van der Waals surface area contributed by atoms with Crippen molar-refractivity contribution in [1.29, 1.82) is 0 Å². The van der Waals surface area contributed by atoms with Gasteiger partial charge in [0, 0.05) is 33.5 Å². The maximum atomic E-state index is 6.94. The lowest BCUT2D eigenvalue weighted by Gasteiger charge is -2.40. The fraction of sp³-hybridized carbons (Fsp3) is 0.0444. The third-order valence-electron chi connectivity index (χ3n) is 10.2. The van der Waals surface area contributed by atoms with E-state index in [1.165, 1.54) is 27.8 Å². The molecule has 226 valence electrons. The smallest absolute Gasteiger partial charge is 0.145 e. The van der Waals surface area contributed by atoms with Crippen LogP contribution in [0.2, 0.25) is 0 Å². The fourth-order valence-corrected chi connectivity index (χ4v) is 8.16. The molecule has 2 heterocycles. The summed E-state index contributed by atoms with van der Waals surface area (Å²) in [5, 5.41) is 3.71. The van der Waals surface area contributed by atoms with Gasteiger partial charge in [-0.15, -0.1) is 0 Å². The molecule has 10 rings (SSSR count). The Kier molecular flexibility index (Phi) is 5.85. The van der Waals surface area contributed by atoms with Crippen LogP contribution in [0, 0.1) is 0 Å². The predicted octanol–water partition coefficient (Wildman–Crippen LogP) is 10.8. The van der Waals surface area contributed by atoms with Gasteiger partial charge in [0.25, 0.3) is 0 Å². The van der Waals surface area contributed by atoms with Crippen molar-refractivity contribution in [3.8, 4) is 33.8 Å². The molecule has 1 N–H and O–H groups in total. The van der Waals surface area contributed by atoms with Crippen molar-refractivity contribution in [2.75, 3.05) is 5.32 Å². The molecule has 1 atom stereocenters. The van der Waals surface area contributed by atoms with E-state index >= 15 is 0 Å². The summed E-state index contributed by atoms with van der Waals surface area (Å²) in [6.45, 7) is 0. The summed E-state index contributed by atoms with van der Waals surface area (Å²) >= 11 is 0. The lowest BCUT2D eigenvalue weighted by Crippen LogP contribution is -2.32. The van der Waals surface area contributed by atoms with Crippen LogP contribution >= 0.6 is 0 Å². The number of ether oxygens (including phenoxy) is 1. The maximum absolute atomic E-state index is 6.94. The predicted molar refractivity (Wildman–Crippen MR) is 194 cm³/mol. The summed E-state index contributed by atoms with van der Waals surface area (Å²) in [5.41, 5.74) is 14.5. The van der Waals surface area contributed by atoms with Gasteiger partial charge >= 0.3 is 0 Å². The van der Waals surface area contributed by atoms with Gasteiger partial charge in [-0.3, -0.25) is 4.99 Å². The summed E-state index contributed by atoms with van der Waals surface area (Å²) in [5.74, 6) is 1.79. The first-order valence-corrected chi connectivity index (χ1v) is 16.5. The van der Waals surface area contributed by atoms with E-state index in [9.17, 15) is 0 Å². The van der Waals surface area contributed by atoms with Crippen molar-refractivity contribution in [3.05, 3.63) is 209 Å². The summed E-state index contributed by atoms with van der Waals surface area (Å²) in [7, 11) is 0. The van der Waals surface area contributed by atoms with Crippen molar-refractivity contribution in [2.45, 2.75) is 11.6 Å². The van der Waals surface area contributed by atoms with Crippen LogP contribution < -0.4 is 10.1 Å². The Balaban J connectivity index is 1.16. The molecule has 0 amide bonds. The highest BCUT2D eigenvalue weighted by Crippen LogP contribution is 2.63. The van der Waals surface area contributed by atoms with Crippen molar-refractivity contribution in [3.63, 3.8) is 0 Å². The topological polar surface area (TPSA) is 33.6 Å². The van der Waals surface area contributed by atoms with E-state index in [4.69, 9.17) is 9.73 Å². The number of hydrogen-bond donors (Lipinski definition) is 1. The van der Waals surface area contributed by atoms with Gasteiger partial charge in [0.15, 0.2) is 0 Å². The number of para-hydroxylation sites is 3. The first kappa shape index (κ1) is 27.0. The molecular formula is C45H30N2O. The number of nitrogens with one attached hydrogen (secondary N) is 1. The second-order valence-electron chi connectivity index (χ2n) is 12.7. The third kappa shape index (κ3) is 3.79. The lowest BCUT2D eigenvalue weighted by atomic mass is 9.65. The molecule has 0 bridgehead atoms. The molecule has 3 aliphatic rings. The van der Waals surface area contributed by atoms with Crippen molar-refractivity contribution >= 4 is 11.4 Å². The second-order valence-corrected chi connectivity index (χ2v) is 12.7. The van der Waals surface area contributed by atoms with Gasteiger partial charge in [-0.25, -0.2) is 0 Å². The van der Waals surface area contributed by atoms with E-state index in [0.29, 0.717) is 0 Å². The quantitative estimate of drug-likeness (QED) is 0.215. The first-order valence-electron chi connectivity index (χ1n) is 16.5. The normalized spacial score (nSPS) is 15.9. The molecule has 0 saturated heterocycles. The van der Waals surface area contributed by atoms with E-state index < -0.39 is 5.41 Å². The average Bonchev–Trinajstić information content (AvgIpc) is 3.45. The van der Waals surface area contributed by atoms with Crippen LogP contribution in [-0.2, 0) is 5.41 Å². The van der Waals surface area contributed by atoms with Gasteiger partial charge < -0.3 is 10.1 Å². The molecule has 3 nitrogen and oxygen atoms in total. The Morgan fingerprint density at radius 3 is 1.85 bits per heavy atom. The van der Waals surface area contributed by atoms with Crippen molar-refractivity contribution < 1.29 is 4.74 Å². The molecule has 1 unspecified atom stereocenters. The molecule has 0 fully saturated rings. The van der Waals surface area contributed by atoms with Gasteiger partial charge in [0.05, 0.1) is 11.1 Å². The number of fused-ring (bicyclic) bond motifs is 10. The molecule has 1 spiro atoms. The Morgan fingerprint density at radius 1 is 0.479 bits per heavy atom. The van der Waals surface area contributed by atoms with E-state index in [2.05, 4.69) is 169 Å². The Hall–Kier alpha value is -6.19. The maximum Gasteiger partial charge on any atom is 0.145 e. The highest BCUT2D eigenvalue weighted by atomic mass is 16.5. The van der Waals surface area contributed by atoms with Crippen LogP contribution in [0.25, 0.3) is 22.3 Å². The Bertz CT molecular complexity index is 2380. The summed E-state index contributed by atoms with van der Waals surface area (Å²) in [6, 6.07) is 60.5. The molecule has 3 heteroatoms. The van der Waals surface area contributed by atoms with Gasteiger partial charge in [0.1, 0.15) is 17.7 Å². The summed E-state index contributed by atoms with van der Waals surface area (Å²) < 4.78 is 6.94. The summed E-state index contributed by atoms with van der Waals surface area (Å²) in [4.78, 5) is 5.30. The highest BCUT2D eigenvalue weighted by molar-refractivity contribution is 6.17. The summed E-state index contributed by atoms with van der Waals surface area (Å²) in [6.07, 6.45) is -0.240. The van der Waals surface area contributed by atoms with Crippen LogP contribution in [0.15, 0.2) is 175 Å². The zero-order chi connectivity index (χ0) is 31.7. The lowest BCUT2D eigenvalue weighted by molar-refractivity contribution is 0.438. The van der Waals surface area contributed by atoms with Gasteiger partial charge in [-0.2, -0.15) is 0 Å². The van der Waals surface area contributed by atoms with Crippen LogP contribution in [0.1, 0.15) is 45.1 Å². The van der Waals surface area contributed by atoms with Crippen LogP contribution in [0.3, 0.4) is 0 Å². The Morgan fingerprint density at radius 2 is 1.06 bits per heavy atom. The first-order chi connectivity index (χ1) is 23.8. The van der Waals surface area contributed by atoms with Crippen molar-refractivity contribution in [2.24, 2.45) is 4.99 Å². The average molecular weight is 615 g/mol. The van der Waals surface area contributed by atoms with Crippen LogP contribution in [-0.4, -0.2) is 5.71 Å². The van der Waals surface area contributed by atoms with Crippen LogP contribution in [0.4, 0.5) is 5.69 Å². The minimum atomic E-state index is -0.492. The van der Waals surface area contributed by atoms with E-state index in [1.807, 2.05) is 6.07 Å². The molecule has 1 aliphatic carbocycles. The molecule has 48 heavy (non-hydrogen) atoms. The van der Waals surface area contributed by atoms with E-state index in [1.54, 1.807) is 0 Å². The van der Waals surface area contributed by atoms with Gasteiger partial charge in [-0.1, -0.05) is 152 Å². The molecule has 7 aromatic rings. The Labute approximate surface area is 279 Å². The molecular weight excluding hydrogens is 585 g/mol. The standard InChI is InChI=1S/C45H30N2O/c1-2-14-29(15-3-1)42-35-20-6-10-26-40(35)46-44(47-42)31-17-12-16-30(28-31)32-21-13-25-39-43(32)48-41-27-11-9-24-38(41)45(39)36-22-7-4-18-33(36)34-19-5-8-23-37(34)45/h1-28,44,46H. The molecule has 7 aromatic carbocycles. The monoisotopic (exact) mass is 614 g/mol. The van der Waals surface area contributed by atoms with Gasteiger partial charge in [-0.05, 0) is 51.6 Å². The van der Waals surface area contributed by atoms with Crippen LogP contribution in [0.5, 0.6) is 11.5 Å². The fourth-order valence-electron chi connectivity index (χ4n) is 8.16. The molecule has 2 aliphatic heterocycles. The number of rotatable bonds is 3. The molecule has 0 aromatic heterocycles. The minimum Gasteiger partial charge on any atom is -0.456 e. The SMILES string of the molecule is c1ccc(C2=NC(c3cccc(-c4cccc5c4Oc4ccccc4C54c5ccccc5-c5ccccc54)c3)Nc3ccccc32)cc1.